The average Bonchev–Trinajstić information content (AvgIpc) is 2.85. The Bertz CT molecular complexity index is 217. The first kappa shape index (κ1) is 10.5. The Labute approximate surface area is 79.8 Å². The smallest absolute Gasteiger partial charge is 0.109 e. The molecule has 0 radical (unpaired) electrons. The van der Waals surface area contributed by atoms with Gasteiger partial charge in [-0.1, -0.05) is 6.92 Å². The Balaban J connectivity index is 2.46. The number of aliphatic hydroxyl groups is 1. The van der Waals surface area contributed by atoms with E-state index in [2.05, 4.69) is 18.3 Å². The van der Waals surface area contributed by atoms with Gasteiger partial charge in [0.25, 0.3) is 0 Å². The Morgan fingerprint density at radius 3 is 2.62 bits per heavy atom. The number of nitrogens with zero attached hydrogens (tertiary/aromatic N) is 1. The Morgan fingerprint density at radius 1 is 1.62 bits per heavy atom. The number of aliphatic hydroxyl groups excluding tert-OH is 1. The molecule has 0 heterocycles. The molecule has 13 heavy (non-hydrogen) atoms. The van der Waals surface area contributed by atoms with Crippen LogP contribution in [-0.4, -0.2) is 23.8 Å². The van der Waals surface area contributed by atoms with E-state index in [1.807, 2.05) is 6.92 Å². The second-order valence-electron chi connectivity index (χ2n) is 4.30. The number of hydrogen-bond acceptors (Lipinski definition) is 3. The highest BCUT2D eigenvalue weighted by molar-refractivity contribution is 5.19. The van der Waals surface area contributed by atoms with Crippen LogP contribution in [0.25, 0.3) is 0 Å². The van der Waals surface area contributed by atoms with Crippen LogP contribution in [0, 0.1) is 16.7 Å². The summed E-state index contributed by atoms with van der Waals surface area (Å²) in [6, 6.07) is 2.35. The zero-order valence-electron chi connectivity index (χ0n) is 8.43. The van der Waals surface area contributed by atoms with Crippen molar-refractivity contribution < 1.29 is 5.11 Å². The molecule has 1 unspecified atom stereocenters. The summed E-state index contributed by atoms with van der Waals surface area (Å²) in [6.45, 7) is 5.00. The highest BCUT2D eigenvalue weighted by Crippen LogP contribution is 2.53. The van der Waals surface area contributed by atoms with E-state index < -0.39 is 5.54 Å². The third-order valence-electron chi connectivity index (χ3n) is 3.24. The standard InChI is InChI=1S/C10H18N2O/c1-9(4-5-9)10(2,8-11)12-6-3-7-13/h12-13H,3-7H2,1-2H3. The number of rotatable bonds is 5. The lowest BCUT2D eigenvalue weighted by Crippen LogP contribution is -2.48. The molecule has 0 saturated heterocycles. The van der Waals surface area contributed by atoms with Gasteiger partial charge in [-0.3, -0.25) is 5.32 Å². The van der Waals surface area contributed by atoms with Gasteiger partial charge in [0.15, 0.2) is 0 Å². The van der Waals surface area contributed by atoms with Crippen LogP contribution in [0.2, 0.25) is 0 Å². The molecule has 1 aliphatic carbocycles. The largest absolute Gasteiger partial charge is 0.396 e. The quantitative estimate of drug-likeness (QED) is 0.625. The van der Waals surface area contributed by atoms with Gasteiger partial charge in [-0.05, 0) is 38.1 Å². The maximum Gasteiger partial charge on any atom is 0.109 e. The fourth-order valence-electron chi connectivity index (χ4n) is 1.49. The fourth-order valence-corrected chi connectivity index (χ4v) is 1.49. The molecule has 0 aliphatic heterocycles. The molecule has 1 atom stereocenters. The second kappa shape index (κ2) is 3.65. The lowest BCUT2D eigenvalue weighted by Gasteiger charge is -2.30. The molecule has 0 aromatic rings. The van der Waals surface area contributed by atoms with E-state index in [9.17, 15) is 0 Å². The summed E-state index contributed by atoms with van der Waals surface area (Å²) in [6.07, 6.45) is 2.97. The first-order chi connectivity index (χ1) is 6.08. The van der Waals surface area contributed by atoms with Crippen molar-refractivity contribution >= 4 is 0 Å². The highest BCUT2D eigenvalue weighted by atomic mass is 16.3. The van der Waals surface area contributed by atoms with Crippen molar-refractivity contribution in [2.75, 3.05) is 13.2 Å². The minimum Gasteiger partial charge on any atom is -0.396 e. The van der Waals surface area contributed by atoms with E-state index in [0.29, 0.717) is 6.42 Å². The normalized spacial score (nSPS) is 23.2. The first-order valence-electron chi connectivity index (χ1n) is 4.85. The van der Waals surface area contributed by atoms with Crippen molar-refractivity contribution in [3.63, 3.8) is 0 Å². The monoisotopic (exact) mass is 182 g/mol. The van der Waals surface area contributed by atoms with Crippen molar-refractivity contribution in [3.05, 3.63) is 0 Å². The molecule has 1 saturated carbocycles. The highest BCUT2D eigenvalue weighted by Gasteiger charge is 2.53. The van der Waals surface area contributed by atoms with Gasteiger partial charge >= 0.3 is 0 Å². The van der Waals surface area contributed by atoms with Gasteiger partial charge in [0.2, 0.25) is 0 Å². The van der Waals surface area contributed by atoms with Crippen LogP contribution in [-0.2, 0) is 0 Å². The van der Waals surface area contributed by atoms with Crippen LogP contribution >= 0.6 is 0 Å². The summed E-state index contributed by atoms with van der Waals surface area (Å²) in [5.74, 6) is 0. The van der Waals surface area contributed by atoms with E-state index in [1.165, 1.54) is 0 Å². The summed E-state index contributed by atoms with van der Waals surface area (Å²) in [7, 11) is 0. The van der Waals surface area contributed by atoms with Crippen LogP contribution in [0.5, 0.6) is 0 Å². The molecule has 0 aromatic heterocycles. The van der Waals surface area contributed by atoms with Gasteiger partial charge in [-0.2, -0.15) is 5.26 Å². The lowest BCUT2D eigenvalue weighted by molar-refractivity contribution is 0.257. The molecular formula is C10H18N2O. The van der Waals surface area contributed by atoms with Crippen LogP contribution in [0.1, 0.15) is 33.1 Å². The van der Waals surface area contributed by atoms with Crippen molar-refractivity contribution in [1.29, 1.82) is 5.26 Å². The van der Waals surface area contributed by atoms with Crippen LogP contribution in [0.4, 0.5) is 0 Å². The van der Waals surface area contributed by atoms with Gasteiger partial charge in [-0.25, -0.2) is 0 Å². The summed E-state index contributed by atoms with van der Waals surface area (Å²) >= 11 is 0. The summed E-state index contributed by atoms with van der Waals surface area (Å²) in [5, 5.41) is 20.9. The predicted octanol–water partition coefficient (Wildman–Crippen LogP) is 1.04. The number of nitrogens with one attached hydrogen (secondary N) is 1. The lowest BCUT2D eigenvalue weighted by atomic mass is 9.85. The second-order valence-corrected chi connectivity index (χ2v) is 4.30. The van der Waals surface area contributed by atoms with Gasteiger partial charge < -0.3 is 5.11 Å². The topological polar surface area (TPSA) is 56.0 Å². The maximum absolute atomic E-state index is 9.09. The van der Waals surface area contributed by atoms with Gasteiger partial charge in [-0.15, -0.1) is 0 Å². The molecular weight excluding hydrogens is 164 g/mol. The fraction of sp³-hybridized carbons (Fsp3) is 0.900. The molecule has 74 valence electrons. The van der Waals surface area contributed by atoms with E-state index in [0.717, 1.165) is 19.4 Å². The Morgan fingerprint density at radius 2 is 2.23 bits per heavy atom. The molecule has 1 fully saturated rings. The average molecular weight is 182 g/mol. The molecule has 0 aromatic carbocycles. The number of nitriles is 1. The van der Waals surface area contributed by atoms with Crippen LogP contribution in [0.15, 0.2) is 0 Å². The molecule has 2 N–H and O–H groups in total. The third kappa shape index (κ3) is 2.01. The predicted molar refractivity (Wildman–Crippen MR) is 51.1 cm³/mol. The van der Waals surface area contributed by atoms with Crippen molar-refractivity contribution in [2.45, 2.75) is 38.6 Å². The van der Waals surface area contributed by atoms with E-state index in [-0.39, 0.29) is 12.0 Å². The molecule has 0 spiro atoms. The first-order valence-corrected chi connectivity index (χ1v) is 4.85. The molecule has 3 heteroatoms. The van der Waals surface area contributed by atoms with Crippen LogP contribution in [0.3, 0.4) is 0 Å². The van der Waals surface area contributed by atoms with Gasteiger partial charge in [0.05, 0.1) is 6.07 Å². The van der Waals surface area contributed by atoms with Crippen LogP contribution < -0.4 is 5.32 Å². The Kier molecular flexibility index (Phi) is 2.94. The SMILES string of the molecule is CC1(C(C)(C#N)NCCCO)CC1. The van der Waals surface area contributed by atoms with E-state index in [1.54, 1.807) is 0 Å². The number of hydrogen-bond donors (Lipinski definition) is 2. The summed E-state index contributed by atoms with van der Waals surface area (Å²) in [4.78, 5) is 0. The van der Waals surface area contributed by atoms with E-state index >= 15 is 0 Å². The minimum atomic E-state index is -0.415. The van der Waals surface area contributed by atoms with Crippen molar-refractivity contribution in [2.24, 2.45) is 5.41 Å². The van der Waals surface area contributed by atoms with Crippen molar-refractivity contribution in [3.8, 4) is 6.07 Å². The summed E-state index contributed by atoms with van der Waals surface area (Å²) < 4.78 is 0. The van der Waals surface area contributed by atoms with Gasteiger partial charge in [0, 0.05) is 6.61 Å². The zero-order chi connectivity index (χ0) is 9.95. The maximum atomic E-state index is 9.09. The van der Waals surface area contributed by atoms with Gasteiger partial charge in [0.1, 0.15) is 5.54 Å². The summed E-state index contributed by atoms with van der Waals surface area (Å²) in [5.41, 5.74) is -0.265. The Hall–Kier alpha value is -0.590. The minimum absolute atomic E-state index is 0.150. The zero-order valence-corrected chi connectivity index (χ0v) is 8.43. The molecule has 1 rings (SSSR count). The van der Waals surface area contributed by atoms with E-state index in [4.69, 9.17) is 10.4 Å². The molecule has 0 bridgehead atoms. The van der Waals surface area contributed by atoms with Crippen molar-refractivity contribution in [1.82, 2.24) is 5.32 Å². The molecule has 3 nitrogen and oxygen atoms in total. The molecule has 1 aliphatic rings. The molecule has 0 amide bonds. The third-order valence-corrected chi connectivity index (χ3v) is 3.24.